The first-order valence-electron chi connectivity index (χ1n) is 14.3. The number of ether oxygens (including phenoxy) is 3. The second kappa shape index (κ2) is 8.65. The number of fused-ring (bicyclic) bond motifs is 3. The van der Waals surface area contributed by atoms with Crippen molar-refractivity contribution in [2.24, 2.45) is 11.8 Å². The molecule has 218 valence electrons. The number of carbonyl (C=O) groups is 3. The molecule has 8 heteroatoms. The van der Waals surface area contributed by atoms with E-state index in [0.29, 0.717) is 40.9 Å². The summed E-state index contributed by atoms with van der Waals surface area (Å²) in [7, 11) is 0. The van der Waals surface area contributed by atoms with Crippen LogP contribution in [0, 0.1) is 11.8 Å². The van der Waals surface area contributed by atoms with E-state index in [-0.39, 0.29) is 47.4 Å². The van der Waals surface area contributed by atoms with Crippen molar-refractivity contribution in [3.05, 3.63) is 51.6 Å². The molecule has 1 saturated carbocycles. The maximum Gasteiger partial charge on any atom is 0.200 e. The molecule has 1 aromatic rings. The maximum atomic E-state index is 14.5. The Labute approximate surface area is 240 Å². The molecule has 4 bridgehead atoms. The molecule has 2 N–H and O–H groups in total. The van der Waals surface area contributed by atoms with E-state index in [1.165, 1.54) is 0 Å². The normalized spacial score (nSPS) is 32.4. The SMILES string of the molecule is CC(C)=CCc1c(O)c2c(c3c1OC(C(C)(C)O)C3)O[C@@]13C(=C[C@@H]4CC1C(C)(C)O[C@]3(C/C=C(\C)C=O)C4=O)C2=O. The van der Waals surface area contributed by atoms with Crippen LogP contribution < -0.4 is 9.47 Å². The number of carbonyl (C=O) groups excluding carboxylic acids is 3. The number of phenols is 1. The summed E-state index contributed by atoms with van der Waals surface area (Å²) in [5, 5.41) is 22.5. The summed E-state index contributed by atoms with van der Waals surface area (Å²) in [6.07, 6.45) is 6.55. The van der Waals surface area contributed by atoms with Crippen molar-refractivity contribution in [2.75, 3.05) is 0 Å². The second-order valence-corrected chi connectivity index (χ2v) is 13.6. The number of ketones is 2. The van der Waals surface area contributed by atoms with Gasteiger partial charge in [-0.15, -0.1) is 0 Å². The van der Waals surface area contributed by atoms with Crippen LogP contribution in [0.2, 0.25) is 0 Å². The molecule has 41 heavy (non-hydrogen) atoms. The lowest BCUT2D eigenvalue weighted by atomic mass is 9.51. The minimum absolute atomic E-state index is 0.0600. The predicted octanol–water partition coefficient (Wildman–Crippen LogP) is 4.52. The Kier molecular flexibility index (Phi) is 5.89. The highest BCUT2D eigenvalue weighted by molar-refractivity contribution is 6.18. The minimum Gasteiger partial charge on any atom is -0.507 e. The fraction of sp³-hybridized carbons (Fsp3) is 0.545. The van der Waals surface area contributed by atoms with Crippen molar-refractivity contribution in [2.45, 2.75) is 103 Å². The molecule has 3 aliphatic carbocycles. The van der Waals surface area contributed by atoms with Gasteiger partial charge in [0.05, 0.1) is 11.2 Å². The van der Waals surface area contributed by atoms with Crippen molar-refractivity contribution in [1.29, 1.82) is 0 Å². The molecule has 5 atom stereocenters. The van der Waals surface area contributed by atoms with Crippen molar-refractivity contribution >= 4 is 17.9 Å². The van der Waals surface area contributed by atoms with Gasteiger partial charge in [0.15, 0.2) is 22.8 Å². The number of benzene rings is 1. The zero-order chi connectivity index (χ0) is 29.9. The standard InChI is InChI=1S/C33H38O8/c1-16(2)8-9-19-25(35)24-26(36)21-12-18-13-22-31(6,7)41-32(29(18)37,11-10-17(3)15-34)33(21,22)40-28(24)20-14-23(30(4,5)38)39-27(19)20/h8,10,12,15,18,22-23,35,38H,9,11,13-14H2,1-7H3/b17-10+/t18-,22?,23?,32-,33+/m1/s1. The Morgan fingerprint density at radius 2 is 1.85 bits per heavy atom. The predicted molar refractivity (Wildman–Crippen MR) is 150 cm³/mol. The van der Waals surface area contributed by atoms with Crippen LogP contribution in [0.5, 0.6) is 17.2 Å². The zero-order valence-electron chi connectivity index (χ0n) is 24.7. The topological polar surface area (TPSA) is 119 Å². The van der Waals surface area contributed by atoms with E-state index < -0.39 is 34.4 Å². The highest BCUT2D eigenvalue weighted by atomic mass is 16.6. The van der Waals surface area contributed by atoms with Gasteiger partial charge in [-0.1, -0.05) is 23.8 Å². The number of hydrogen-bond donors (Lipinski definition) is 2. The van der Waals surface area contributed by atoms with E-state index >= 15 is 0 Å². The Morgan fingerprint density at radius 3 is 2.49 bits per heavy atom. The van der Waals surface area contributed by atoms with Gasteiger partial charge < -0.3 is 24.4 Å². The number of allylic oxidation sites excluding steroid dienone is 4. The summed E-state index contributed by atoms with van der Waals surface area (Å²) in [5.41, 5.74) is -2.05. The average molecular weight is 563 g/mol. The van der Waals surface area contributed by atoms with E-state index in [9.17, 15) is 24.6 Å². The van der Waals surface area contributed by atoms with Gasteiger partial charge in [-0.25, -0.2) is 0 Å². The van der Waals surface area contributed by atoms with Crippen molar-refractivity contribution in [1.82, 2.24) is 0 Å². The minimum atomic E-state index is -1.52. The zero-order valence-corrected chi connectivity index (χ0v) is 24.7. The van der Waals surface area contributed by atoms with Crippen LogP contribution in [0.4, 0.5) is 0 Å². The molecular formula is C33H38O8. The van der Waals surface area contributed by atoms with Crippen molar-refractivity contribution in [3.8, 4) is 17.2 Å². The fourth-order valence-corrected chi connectivity index (χ4v) is 7.69. The Bertz CT molecular complexity index is 1500. The number of hydrogen-bond acceptors (Lipinski definition) is 8. The fourth-order valence-electron chi connectivity index (χ4n) is 7.69. The first kappa shape index (κ1) is 27.9. The molecule has 1 aromatic carbocycles. The van der Waals surface area contributed by atoms with Crippen LogP contribution in [0.25, 0.3) is 0 Å². The quantitative estimate of drug-likeness (QED) is 0.295. The maximum absolute atomic E-state index is 14.5. The molecule has 8 nitrogen and oxygen atoms in total. The first-order chi connectivity index (χ1) is 19.1. The monoisotopic (exact) mass is 562 g/mol. The first-order valence-corrected chi connectivity index (χ1v) is 14.3. The molecule has 1 spiro atoms. The van der Waals surface area contributed by atoms with Gasteiger partial charge in [0.25, 0.3) is 0 Å². The lowest BCUT2D eigenvalue weighted by Gasteiger charge is -2.56. The van der Waals surface area contributed by atoms with E-state index in [1.807, 2.05) is 33.8 Å². The Balaban J connectivity index is 1.62. The number of Topliss-reactive ketones (excluding diaryl/α,β-unsaturated/α-hetero) is 2. The number of rotatable bonds is 6. The van der Waals surface area contributed by atoms with E-state index in [4.69, 9.17) is 14.2 Å². The number of phenolic OH excluding ortho intramolecular Hbond substituents is 1. The summed E-state index contributed by atoms with van der Waals surface area (Å²) >= 11 is 0. The summed E-state index contributed by atoms with van der Waals surface area (Å²) in [4.78, 5) is 40.2. The second-order valence-electron chi connectivity index (χ2n) is 13.6. The smallest absolute Gasteiger partial charge is 0.200 e. The third-order valence-corrected chi connectivity index (χ3v) is 9.72. The molecule has 0 aromatic heterocycles. The van der Waals surface area contributed by atoms with E-state index in [1.54, 1.807) is 32.9 Å². The summed E-state index contributed by atoms with van der Waals surface area (Å²) < 4.78 is 20.0. The van der Waals surface area contributed by atoms with E-state index in [2.05, 4.69) is 0 Å². The number of aldehydes is 1. The summed E-state index contributed by atoms with van der Waals surface area (Å²) in [6, 6.07) is 0. The molecule has 3 heterocycles. The number of aromatic hydroxyl groups is 1. The lowest BCUT2D eigenvalue weighted by Crippen LogP contribution is -2.72. The largest absolute Gasteiger partial charge is 0.507 e. The van der Waals surface area contributed by atoms with Crippen LogP contribution >= 0.6 is 0 Å². The summed E-state index contributed by atoms with van der Waals surface area (Å²) in [6.45, 7) is 12.7. The average Bonchev–Trinajstić information content (AvgIpc) is 3.40. The van der Waals surface area contributed by atoms with Gasteiger partial charge >= 0.3 is 0 Å². The van der Waals surface area contributed by atoms with Crippen LogP contribution in [0.1, 0.15) is 82.8 Å². The molecule has 1 saturated heterocycles. The Hall–Kier alpha value is -3.23. The Morgan fingerprint density at radius 1 is 1.15 bits per heavy atom. The van der Waals surface area contributed by atoms with Crippen LogP contribution in [-0.2, 0) is 27.2 Å². The van der Waals surface area contributed by atoms with Crippen LogP contribution in [0.3, 0.4) is 0 Å². The van der Waals surface area contributed by atoms with Gasteiger partial charge in [-0.05, 0) is 66.9 Å². The van der Waals surface area contributed by atoms with Crippen LogP contribution in [-0.4, -0.2) is 56.6 Å². The van der Waals surface area contributed by atoms with Gasteiger partial charge in [-0.2, -0.15) is 0 Å². The van der Waals surface area contributed by atoms with Gasteiger partial charge in [0.2, 0.25) is 0 Å². The highest BCUT2D eigenvalue weighted by Crippen LogP contribution is 2.68. The van der Waals surface area contributed by atoms with Gasteiger partial charge in [-0.3, -0.25) is 14.4 Å². The van der Waals surface area contributed by atoms with Gasteiger partial charge in [0.1, 0.15) is 35.2 Å². The lowest BCUT2D eigenvalue weighted by molar-refractivity contribution is -0.171. The molecule has 0 amide bonds. The molecule has 0 radical (unpaired) electrons. The van der Waals surface area contributed by atoms with Crippen molar-refractivity contribution < 1.29 is 38.8 Å². The summed E-state index contributed by atoms with van der Waals surface area (Å²) in [5.74, 6) is -1.05. The molecule has 7 rings (SSSR count). The number of aliphatic hydroxyl groups is 1. The molecular weight excluding hydrogens is 524 g/mol. The third-order valence-electron chi connectivity index (χ3n) is 9.72. The molecule has 6 aliphatic rings. The molecule has 3 aliphatic heterocycles. The highest BCUT2D eigenvalue weighted by Gasteiger charge is 2.81. The van der Waals surface area contributed by atoms with E-state index in [0.717, 1.165) is 11.9 Å². The van der Waals surface area contributed by atoms with Crippen molar-refractivity contribution in [3.63, 3.8) is 0 Å². The third kappa shape index (κ3) is 3.56. The molecule has 2 fully saturated rings. The molecule has 2 unspecified atom stereocenters. The van der Waals surface area contributed by atoms with Crippen LogP contribution in [0.15, 0.2) is 34.9 Å². The van der Waals surface area contributed by atoms with Gasteiger partial charge in [0, 0.05) is 41.4 Å².